The van der Waals surface area contributed by atoms with Crippen LogP contribution in [0.3, 0.4) is 0 Å². The minimum Gasteiger partial charge on any atom is -0.384 e. The summed E-state index contributed by atoms with van der Waals surface area (Å²) in [5.74, 6) is 0.156. The first kappa shape index (κ1) is 13.9. The van der Waals surface area contributed by atoms with E-state index in [1.165, 1.54) is 0 Å². The van der Waals surface area contributed by atoms with Crippen LogP contribution < -0.4 is 10.6 Å². The smallest absolute Gasteiger partial charge is 0.124 e. The quantitative estimate of drug-likeness (QED) is 0.644. The van der Waals surface area contributed by atoms with Gasteiger partial charge in [0, 0.05) is 30.4 Å². The number of likely N-dealkylation sites (N-methyl/N-ethyl adjacent to an activating group) is 1. The highest BCUT2D eigenvalue weighted by atomic mass is 15.2. The van der Waals surface area contributed by atoms with Crippen molar-refractivity contribution in [2.24, 2.45) is 5.73 Å². The highest BCUT2D eigenvalue weighted by molar-refractivity contribution is 6.00. The summed E-state index contributed by atoms with van der Waals surface area (Å²) in [6.45, 7) is 5.47. The number of rotatable bonds is 3. The second-order valence-electron chi connectivity index (χ2n) is 5.30. The van der Waals surface area contributed by atoms with Crippen molar-refractivity contribution in [1.29, 1.82) is 5.41 Å². The molecule has 4 nitrogen and oxygen atoms in total. The van der Waals surface area contributed by atoms with E-state index in [1.807, 2.05) is 18.2 Å². The van der Waals surface area contributed by atoms with E-state index < -0.39 is 0 Å². The topological polar surface area (TPSA) is 56.4 Å². The summed E-state index contributed by atoms with van der Waals surface area (Å²) < 4.78 is 0. The maximum Gasteiger partial charge on any atom is 0.124 e. The molecule has 0 saturated carbocycles. The summed E-state index contributed by atoms with van der Waals surface area (Å²) in [4.78, 5) is 4.82. The van der Waals surface area contributed by atoms with Gasteiger partial charge >= 0.3 is 0 Å². The molecule has 2 rings (SSSR count). The second-order valence-corrected chi connectivity index (χ2v) is 5.30. The predicted octanol–water partition coefficient (Wildman–Crippen LogP) is 1.89. The summed E-state index contributed by atoms with van der Waals surface area (Å²) in [6, 6.07) is 8.51. The average Bonchev–Trinajstić information content (AvgIpc) is 2.60. The minimum absolute atomic E-state index is 0.156. The van der Waals surface area contributed by atoms with Gasteiger partial charge < -0.3 is 15.5 Å². The number of anilines is 1. The number of hydrogen-bond donors (Lipinski definition) is 2. The van der Waals surface area contributed by atoms with Crippen LogP contribution in [-0.2, 0) is 0 Å². The van der Waals surface area contributed by atoms with E-state index in [4.69, 9.17) is 11.1 Å². The molecule has 3 N–H and O–H groups in total. The number of hydrogen-bond acceptors (Lipinski definition) is 3. The lowest BCUT2D eigenvalue weighted by Crippen LogP contribution is -2.40. The number of amidine groups is 1. The molecule has 0 radical (unpaired) electrons. The van der Waals surface area contributed by atoms with Gasteiger partial charge in [0.05, 0.1) is 0 Å². The molecule has 4 heteroatoms. The summed E-state index contributed by atoms with van der Waals surface area (Å²) >= 11 is 0. The van der Waals surface area contributed by atoms with Crippen molar-refractivity contribution in [2.75, 3.05) is 31.6 Å². The van der Waals surface area contributed by atoms with Gasteiger partial charge in [-0.3, -0.25) is 5.41 Å². The Hall–Kier alpha value is -1.55. The molecule has 1 aliphatic rings. The molecule has 1 unspecified atom stereocenters. The van der Waals surface area contributed by atoms with Gasteiger partial charge in [0.2, 0.25) is 0 Å². The van der Waals surface area contributed by atoms with Gasteiger partial charge in [0.15, 0.2) is 0 Å². The van der Waals surface area contributed by atoms with Crippen LogP contribution in [-0.4, -0.2) is 43.5 Å². The van der Waals surface area contributed by atoms with Gasteiger partial charge in [-0.05, 0) is 38.6 Å². The largest absolute Gasteiger partial charge is 0.384 e. The SMILES string of the molecule is CCC1CN(C)CCCN1c1ccccc1C(=N)N. The molecule has 104 valence electrons. The number of nitrogens with two attached hydrogens (primary N) is 1. The molecule has 1 aromatic carbocycles. The molecular weight excluding hydrogens is 236 g/mol. The molecule has 0 spiro atoms. The zero-order valence-corrected chi connectivity index (χ0v) is 11.9. The van der Waals surface area contributed by atoms with E-state index in [2.05, 4.69) is 29.8 Å². The molecule has 0 aliphatic carbocycles. The molecule has 1 aliphatic heterocycles. The van der Waals surface area contributed by atoms with Crippen molar-refractivity contribution in [3.05, 3.63) is 29.8 Å². The zero-order valence-electron chi connectivity index (χ0n) is 11.9. The maximum atomic E-state index is 7.75. The van der Waals surface area contributed by atoms with Gasteiger partial charge in [-0.1, -0.05) is 19.1 Å². The number of nitrogens with one attached hydrogen (secondary N) is 1. The number of para-hydroxylation sites is 1. The lowest BCUT2D eigenvalue weighted by Gasteiger charge is -2.33. The maximum absolute atomic E-state index is 7.75. The van der Waals surface area contributed by atoms with E-state index in [0.29, 0.717) is 6.04 Å². The first-order valence-corrected chi connectivity index (χ1v) is 7.02. The fourth-order valence-corrected chi connectivity index (χ4v) is 2.86. The fourth-order valence-electron chi connectivity index (χ4n) is 2.86. The van der Waals surface area contributed by atoms with Crippen LogP contribution in [0.2, 0.25) is 0 Å². The van der Waals surface area contributed by atoms with Gasteiger partial charge in [-0.25, -0.2) is 0 Å². The Balaban J connectivity index is 2.35. The minimum atomic E-state index is 0.156. The second kappa shape index (κ2) is 6.06. The molecular formula is C15H24N4. The van der Waals surface area contributed by atoms with Crippen molar-refractivity contribution in [2.45, 2.75) is 25.8 Å². The van der Waals surface area contributed by atoms with Crippen molar-refractivity contribution in [3.63, 3.8) is 0 Å². The van der Waals surface area contributed by atoms with Crippen LogP contribution in [0.25, 0.3) is 0 Å². The van der Waals surface area contributed by atoms with Crippen molar-refractivity contribution in [1.82, 2.24) is 4.90 Å². The zero-order chi connectivity index (χ0) is 13.8. The molecule has 0 aromatic heterocycles. The first-order chi connectivity index (χ1) is 9.13. The summed E-state index contributed by atoms with van der Waals surface area (Å²) in [5.41, 5.74) is 7.68. The highest BCUT2D eigenvalue weighted by Crippen LogP contribution is 2.25. The molecule has 1 atom stereocenters. The van der Waals surface area contributed by atoms with Gasteiger partial charge in [0.1, 0.15) is 5.84 Å². The molecule has 19 heavy (non-hydrogen) atoms. The fraction of sp³-hybridized carbons (Fsp3) is 0.533. The van der Waals surface area contributed by atoms with Gasteiger partial charge in [-0.2, -0.15) is 0 Å². The van der Waals surface area contributed by atoms with E-state index in [1.54, 1.807) is 0 Å². The average molecular weight is 260 g/mol. The third kappa shape index (κ3) is 3.07. The molecule has 1 aromatic rings. The Morgan fingerprint density at radius 3 is 2.79 bits per heavy atom. The Kier molecular flexibility index (Phi) is 4.43. The third-order valence-corrected chi connectivity index (χ3v) is 3.88. The van der Waals surface area contributed by atoms with E-state index in [-0.39, 0.29) is 5.84 Å². The lowest BCUT2D eigenvalue weighted by atomic mass is 10.1. The molecule has 0 amide bonds. The third-order valence-electron chi connectivity index (χ3n) is 3.88. The Labute approximate surface area is 115 Å². The lowest BCUT2D eigenvalue weighted by molar-refractivity contribution is 0.328. The van der Waals surface area contributed by atoms with Crippen LogP contribution in [0.15, 0.2) is 24.3 Å². The van der Waals surface area contributed by atoms with Crippen molar-refractivity contribution in [3.8, 4) is 0 Å². The monoisotopic (exact) mass is 260 g/mol. The molecule has 1 heterocycles. The standard InChI is InChI=1S/C15H24N4/c1-3-12-11-18(2)9-6-10-19(12)14-8-5-4-7-13(14)15(16)17/h4-5,7-8,12H,3,6,9-11H2,1-2H3,(H3,16,17). The van der Waals surface area contributed by atoms with Gasteiger partial charge in [0.25, 0.3) is 0 Å². The van der Waals surface area contributed by atoms with Crippen LogP contribution in [0.5, 0.6) is 0 Å². The number of nitrogens with zero attached hydrogens (tertiary/aromatic N) is 2. The number of benzene rings is 1. The van der Waals surface area contributed by atoms with Crippen LogP contribution >= 0.6 is 0 Å². The van der Waals surface area contributed by atoms with Crippen LogP contribution in [0.1, 0.15) is 25.3 Å². The van der Waals surface area contributed by atoms with E-state index >= 15 is 0 Å². The Bertz CT molecular complexity index is 444. The van der Waals surface area contributed by atoms with Crippen LogP contribution in [0, 0.1) is 5.41 Å². The Morgan fingerprint density at radius 1 is 1.37 bits per heavy atom. The predicted molar refractivity (Wildman–Crippen MR) is 81.0 cm³/mol. The van der Waals surface area contributed by atoms with Gasteiger partial charge in [-0.15, -0.1) is 0 Å². The highest BCUT2D eigenvalue weighted by Gasteiger charge is 2.24. The molecule has 1 saturated heterocycles. The Morgan fingerprint density at radius 2 is 2.11 bits per heavy atom. The normalized spacial score (nSPS) is 21.2. The summed E-state index contributed by atoms with van der Waals surface area (Å²) in [6.07, 6.45) is 2.26. The molecule has 0 bridgehead atoms. The first-order valence-electron chi connectivity index (χ1n) is 7.02. The van der Waals surface area contributed by atoms with E-state index in [9.17, 15) is 0 Å². The summed E-state index contributed by atoms with van der Waals surface area (Å²) in [5, 5.41) is 7.75. The van der Waals surface area contributed by atoms with Crippen LogP contribution in [0.4, 0.5) is 5.69 Å². The summed E-state index contributed by atoms with van der Waals surface area (Å²) in [7, 11) is 2.18. The van der Waals surface area contributed by atoms with Crippen molar-refractivity contribution < 1.29 is 0 Å². The molecule has 1 fully saturated rings. The number of nitrogen functional groups attached to an aromatic ring is 1. The van der Waals surface area contributed by atoms with E-state index in [0.717, 1.165) is 43.7 Å². The van der Waals surface area contributed by atoms with Crippen molar-refractivity contribution >= 4 is 11.5 Å².